The zero-order valence-electron chi connectivity index (χ0n) is 9.22. The molecule has 1 aliphatic heterocycles. The van der Waals surface area contributed by atoms with E-state index in [2.05, 4.69) is 5.32 Å². The first-order valence-electron chi connectivity index (χ1n) is 5.32. The second kappa shape index (κ2) is 4.13. The van der Waals surface area contributed by atoms with Crippen LogP contribution < -0.4 is 5.32 Å². The minimum atomic E-state index is -3.64. The number of nitrogens with zero attached hydrogens (tertiary/aromatic N) is 1. The number of urea groups is 1. The van der Waals surface area contributed by atoms with Gasteiger partial charge in [0.1, 0.15) is 0 Å². The van der Waals surface area contributed by atoms with E-state index < -0.39 is 26.2 Å². The first-order chi connectivity index (χ1) is 7.80. The maximum absolute atomic E-state index is 11.9. The third-order valence-electron chi connectivity index (χ3n) is 3.46. The minimum absolute atomic E-state index is 0.181. The normalized spacial score (nSPS) is 34.2. The number of fused-ring (bicyclic) bond motifs is 1. The van der Waals surface area contributed by atoms with Crippen molar-refractivity contribution in [2.45, 2.75) is 30.6 Å². The molecule has 1 saturated heterocycles. The van der Waals surface area contributed by atoms with Gasteiger partial charge in [-0.25, -0.2) is 13.2 Å². The summed E-state index contributed by atoms with van der Waals surface area (Å²) in [4.78, 5) is 24.2. The lowest BCUT2D eigenvalue weighted by molar-refractivity contribution is -0.135. The highest BCUT2D eigenvalue weighted by atomic mass is 35.7. The molecule has 2 aliphatic rings. The molecular formula is C9H13ClN2O4S. The van der Waals surface area contributed by atoms with Crippen LogP contribution in [-0.4, -0.2) is 43.6 Å². The van der Waals surface area contributed by atoms with Gasteiger partial charge in [0.2, 0.25) is 15.0 Å². The van der Waals surface area contributed by atoms with Gasteiger partial charge in [-0.3, -0.25) is 9.69 Å². The van der Waals surface area contributed by atoms with Gasteiger partial charge in [-0.2, -0.15) is 0 Å². The van der Waals surface area contributed by atoms with E-state index in [9.17, 15) is 18.0 Å². The van der Waals surface area contributed by atoms with E-state index in [0.717, 1.165) is 4.90 Å². The van der Waals surface area contributed by atoms with Crippen molar-refractivity contribution >= 4 is 31.7 Å². The van der Waals surface area contributed by atoms with Gasteiger partial charge in [-0.05, 0) is 19.3 Å². The van der Waals surface area contributed by atoms with Crippen molar-refractivity contribution in [3.63, 3.8) is 0 Å². The van der Waals surface area contributed by atoms with Gasteiger partial charge in [0.05, 0.1) is 11.2 Å². The van der Waals surface area contributed by atoms with E-state index in [4.69, 9.17) is 10.7 Å². The topological polar surface area (TPSA) is 83.6 Å². The van der Waals surface area contributed by atoms with Crippen LogP contribution in [0.2, 0.25) is 0 Å². The highest BCUT2D eigenvalue weighted by Crippen LogP contribution is 2.33. The standard InChI is InChI=1S/C9H13ClN2O4S/c1-12-8(13)6-4-5(17(10,15)16)2-3-7(6)11-9(12)14/h5-7H,2-4H2,1H3,(H,11,14). The number of amides is 3. The molecule has 0 radical (unpaired) electrons. The Balaban J connectivity index is 2.19. The van der Waals surface area contributed by atoms with Crippen LogP contribution in [0.4, 0.5) is 4.79 Å². The molecule has 1 saturated carbocycles. The van der Waals surface area contributed by atoms with Crippen molar-refractivity contribution in [3.05, 3.63) is 0 Å². The summed E-state index contributed by atoms with van der Waals surface area (Å²) in [7, 11) is 3.06. The molecule has 0 aromatic heterocycles. The van der Waals surface area contributed by atoms with Crippen molar-refractivity contribution in [3.8, 4) is 0 Å². The van der Waals surface area contributed by atoms with Gasteiger partial charge >= 0.3 is 6.03 Å². The number of carbonyl (C=O) groups is 2. The molecule has 3 unspecified atom stereocenters. The monoisotopic (exact) mass is 280 g/mol. The molecule has 1 aliphatic carbocycles. The van der Waals surface area contributed by atoms with E-state index in [-0.39, 0.29) is 18.4 Å². The lowest BCUT2D eigenvalue weighted by atomic mass is 9.82. The summed E-state index contributed by atoms with van der Waals surface area (Å²) >= 11 is 0. The second-order valence-corrected chi connectivity index (χ2v) is 7.38. The Morgan fingerprint density at radius 2 is 2.00 bits per heavy atom. The number of hydrogen-bond acceptors (Lipinski definition) is 4. The third kappa shape index (κ3) is 2.26. The van der Waals surface area contributed by atoms with Gasteiger partial charge in [-0.1, -0.05) is 0 Å². The Bertz CT molecular complexity index is 464. The van der Waals surface area contributed by atoms with Crippen LogP contribution in [0.15, 0.2) is 0 Å². The maximum atomic E-state index is 11.9. The van der Waals surface area contributed by atoms with Gasteiger partial charge in [0.15, 0.2) is 0 Å². The minimum Gasteiger partial charge on any atom is -0.334 e. The van der Waals surface area contributed by atoms with Crippen LogP contribution in [0.5, 0.6) is 0 Å². The average molecular weight is 281 g/mol. The summed E-state index contributed by atoms with van der Waals surface area (Å²) < 4.78 is 22.5. The van der Waals surface area contributed by atoms with Crippen LogP contribution in [-0.2, 0) is 13.8 Å². The Hall–Kier alpha value is -0.820. The molecule has 0 aromatic carbocycles. The Morgan fingerprint density at radius 1 is 1.35 bits per heavy atom. The molecule has 17 heavy (non-hydrogen) atoms. The number of rotatable bonds is 1. The Kier molecular flexibility index (Phi) is 3.07. The van der Waals surface area contributed by atoms with Gasteiger partial charge in [0.25, 0.3) is 0 Å². The first-order valence-corrected chi connectivity index (χ1v) is 7.69. The van der Waals surface area contributed by atoms with E-state index in [1.165, 1.54) is 7.05 Å². The SMILES string of the molecule is CN1C(=O)NC2CCC(S(=O)(=O)Cl)CC2C1=O. The van der Waals surface area contributed by atoms with E-state index in [1.807, 2.05) is 0 Å². The van der Waals surface area contributed by atoms with Crippen molar-refractivity contribution in [2.24, 2.45) is 5.92 Å². The van der Waals surface area contributed by atoms with Crippen LogP contribution in [0, 0.1) is 5.92 Å². The van der Waals surface area contributed by atoms with Crippen molar-refractivity contribution in [1.29, 1.82) is 0 Å². The maximum Gasteiger partial charge on any atom is 0.324 e. The molecule has 0 aromatic rings. The van der Waals surface area contributed by atoms with Gasteiger partial charge in [0, 0.05) is 23.8 Å². The molecule has 6 nitrogen and oxygen atoms in total. The smallest absolute Gasteiger partial charge is 0.324 e. The van der Waals surface area contributed by atoms with E-state index in [0.29, 0.717) is 12.8 Å². The Labute approximate surface area is 104 Å². The largest absolute Gasteiger partial charge is 0.334 e. The zero-order chi connectivity index (χ0) is 12.8. The molecule has 8 heteroatoms. The van der Waals surface area contributed by atoms with Gasteiger partial charge < -0.3 is 5.32 Å². The molecular weight excluding hydrogens is 268 g/mol. The number of imide groups is 1. The number of halogens is 1. The fourth-order valence-corrected chi connectivity index (χ4v) is 3.78. The number of hydrogen-bond donors (Lipinski definition) is 1. The predicted octanol–water partition coefficient (Wildman–Crippen LogP) is 0.274. The fourth-order valence-electron chi connectivity index (χ4n) is 2.44. The lowest BCUT2D eigenvalue weighted by Crippen LogP contribution is -2.60. The summed E-state index contributed by atoms with van der Waals surface area (Å²) in [5.74, 6) is -0.811. The zero-order valence-corrected chi connectivity index (χ0v) is 10.8. The quantitative estimate of drug-likeness (QED) is 0.699. The highest BCUT2D eigenvalue weighted by molar-refractivity contribution is 8.14. The predicted molar refractivity (Wildman–Crippen MR) is 61.0 cm³/mol. The van der Waals surface area contributed by atoms with Crippen molar-refractivity contribution < 1.29 is 18.0 Å². The van der Waals surface area contributed by atoms with Gasteiger partial charge in [-0.15, -0.1) is 0 Å². The molecule has 3 amide bonds. The summed E-state index contributed by atoms with van der Waals surface area (Å²) in [5.41, 5.74) is 0. The summed E-state index contributed by atoms with van der Waals surface area (Å²) in [6, 6.07) is -0.690. The summed E-state index contributed by atoms with van der Waals surface area (Å²) in [5, 5.41) is 2.00. The van der Waals surface area contributed by atoms with Crippen LogP contribution in [0.3, 0.4) is 0 Å². The summed E-state index contributed by atoms with van der Waals surface area (Å²) in [6.07, 6.45) is 1.02. The number of nitrogens with one attached hydrogen (secondary N) is 1. The first kappa shape index (κ1) is 12.6. The van der Waals surface area contributed by atoms with Crippen molar-refractivity contribution in [2.75, 3.05) is 7.05 Å². The van der Waals surface area contributed by atoms with Crippen LogP contribution >= 0.6 is 10.7 Å². The molecule has 2 rings (SSSR count). The highest BCUT2D eigenvalue weighted by Gasteiger charge is 2.45. The molecule has 0 bridgehead atoms. The molecule has 96 valence electrons. The molecule has 0 spiro atoms. The fraction of sp³-hybridized carbons (Fsp3) is 0.778. The van der Waals surface area contributed by atoms with Crippen LogP contribution in [0.1, 0.15) is 19.3 Å². The molecule has 3 atom stereocenters. The average Bonchev–Trinajstić information content (AvgIpc) is 2.24. The molecule has 1 heterocycles. The lowest BCUT2D eigenvalue weighted by Gasteiger charge is -2.40. The third-order valence-corrected chi connectivity index (χ3v) is 5.44. The van der Waals surface area contributed by atoms with E-state index in [1.54, 1.807) is 0 Å². The van der Waals surface area contributed by atoms with Crippen LogP contribution in [0.25, 0.3) is 0 Å². The molecule has 2 fully saturated rings. The Morgan fingerprint density at radius 3 is 2.59 bits per heavy atom. The van der Waals surface area contributed by atoms with E-state index >= 15 is 0 Å². The number of carbonyl (C=O) groups excluding carboxylic acids is 2. The van der Waals surface area contributed by atoms with Crippen molar-refractivity contribution in [1.82, 2.24) is 10.2 Å². The second-order valence-electron chi connectivity index (χ2n) is 4.47. The molecule has 1 N–H and O–H groups in total. The summed E-state index contributed by atoms with van der Waals surface area (Å²) in [6.45, 7) is 0.